The number of nitrogens with zero attached hydrogens (tertiary/aromatic N) is 2. The van der Waals surface area contributed by atoms with Gasteiger partial charge in [-0.2, -0.15) is 0 Å². The largest absolute Gasteiger partial charge is 0.468 e. The lowest BCUT2D eigenvalue weighted by Crippen LogP contribution is -2.30. The molecule has 1 aliphatic rings. The second-order valence-electron chi connectivity index (χ2n) is 5.03. The van der Waals surface area contributed by atoms with Crippen LogP contribution in [0.4, 0.5) is 5.13 Å². The number of hydrogen-bond acceptors (Lipinski definition) is 8. The number of hydrogen-bond donors (Lipinski definition) is 3. The van der Waals surface area contributed by atoms with Crippen molar-refractivity contribution in [2.75, 3.05) is 12.3 Å². The highest BCUT2D eigenvalue weighted by atomic mass is 32.2. The van der Waals surface area contributed by atoms with Crippen LogP contribution in [0.2, 0.25) is 0 Å². The fourth-order valence-electron chi connectivity index (χ4n) is 2.12. The second kappa shape index (κ2) is 6.64. The third-order valence-electron chi connectivity index (χ3n) is 3.17. The Morgan fingerprint density at radius 3 is 3.23 bits per heavy atom. The number of anilines is 1. The molecule has 0 fully saturated rings. The lowest BCUT2D eigenvalue weighted by Gasteiger charge is -2.26. The van der Waals surface area contributed by atoms with Crippen molar-refractivity contribution in [1.29, 1.82) is 0 Å². The predicted octanol–water partition coefficient (Wildman–Crippen LogP) is 2.25. The summed E-state index contributed by atoms with van der Waals surface area (Å²) in [5.74, 6) is 1.68. The standard InChI is InChI=1S/C14H18N4O2S2/c1-9(7-19)16-11-5-18(21-8-10-3-2-4-20-10)6-12-13(11)22-14(15)17-12/h2-5,9,16,19H,6-8H2,1H3,(H2,15,17). The SMILES string of the molecule is CC(CO)NC1=CN(SCc2ccco2)Cc2nc(N)sc21. The number of aromatic nitrogens is 1. The van der Waals surface area contributed by atoms with Gasteiger partial charge in [0.2, 0.25) is 0 Å². The van der Waals surface area contributed by atoms with Crippen LogP contribution >= 0.6 is 23.3 Å². The van der Waals surface area contributed by atoms with Crippen LogP contribution in [-0.2, 0) is 12.3 Å². The monoisotopic (exact) mass is 338 g/mol. The van der Waals surface area contributed by atoms with E-state index in [0.717, 1.165) is 27.8 Å². The summed E-state index contributed by atoms with van der Waals surface area (Å²) in [7, 11) is 0. The number of aliphatic hydroxyl groups is 1. The van der Waals surface area contributed by atoms with Crippen molar-refractivity contribution < 1.29 is 9.52 Å². The Kier molecular flexibility index (Phi) is 4.60. The third-order valence-corrected chi connectivity index (χ3v) is 5.11. The number of fused-ring (bicyclic) bond motifs is 1. The van der Waals surface area contributed by atoms with Crippen LogP contribution in [0, 0.1) is 0 Å². The molecule has 2 aromatic rings. The molecule has 0 aromatic carbocycles. The molecule has 8 heteroatoms. The number of nitrogen functional groups attached to an aromatic ring is 1. The van der Waals surface area contributed by atoms with Crippen molar-refractivity contribution in [3.8, 4) is 0 Å². The summed E-state index contributed by atoms with van der Waals surface area (Å²) in [5.41, 5.74) is 7.75. The van der Waals surface area contributed by atoms with Gasteiger partial charge in [-0.05, 0) is 31.0 Å². The minimum absolute atomic E-state index is 0.0301. The zero-order valence-corrected chi connectivity index (χ0v) is 13.8. The molecule has 0 radical (unpaired) electrons. The molecule has 1 atom stereocenters. The molecule has 0 bridgehead atoms. The maximum absolute atomic E-state index is 9.26. The van der Waals surface area contributed by atoms with E-state index in [1.807, 2.05) is 25.3 Å². The van der Waals surface area contributed by atoms with Crippen LogP contribution in [0.15, 0.2) is 29.0 Å². The van der Waals surface area contributed by atoms with E-state index in [9.17, 15) is 5.11 Å². The number of thiazole rings is 1. The van der Waals surface area contributed by atoms with E-state index in [1.54, 1.807) is 18.2 Å². The summed E-state index contributed by atoms with van der Waals surface area (Å²) in [5, 5.41) is 13.1. The Bertz CT molecular complexity index is 654. The van der Waals surface area contributed by atoms with Crippen LogP contribution < -0.4 is 11.1 Å². The van der Waals surface area contributed by atoms with E-state index in [-0.39, 0.29) is 12.6 Å². The smallest absolute Gasteiger partial charge is 0.180 e. The lowest BCUT2D eigenvalue weighted by atomic mass is 10.2. The van der Waals surface area contributed by atoms with Gasteiger partial charge in [-0.1, -0.05) is 11.3 Å². The minimum Gasteiger partial charge on any atom is -0.468 e. The Balaban J connectivity index is 1.76. The number of furan rings is 1. The fraction of sp³-hybridized carbons (Fsp3) is 0.357. The second-order valence-corrected chi connectivity index (χ2v) is 7.07. The minimum atomic E-state index is -0.0301. The van der Waals surface area contributed by atoms with Gasteiger partial charge in [0.05, 0.1) is 41.4 Å². The lowest BCUT2D eigenvalue weighted by molar-refractivity contribution is 0.262. The van der Waals surface area contributed by atoms with Crippen molar-refractivity contribution in [2.45, 2.75) is 25.3 Å². The summed E-state index contributed by atoms with van der Waals surface area (Å²) in [6.07, 6.45) is 3.72. The topological polar surface area (TPSA) is 87.5 Å². The Morgan fingerprint density at radius 2 is 2.50 bits per heavy atom. The Labute approximate surface area is 137 Å². The van der Waals surface area contributed by atoms with E-state index in [4.69, 9.17) is 10.2 Å². The third kappa shape index (κ3) is 3.40. The van der Waals surface area contributed by atoms with Crippen LogP contribution in [0.3, 0.4) is 0 Å². The van der Waals surface area contributed by atoms with Gasteiger partial charge in [0.1, 0.15) is 5.76 Å². The van der Waals surface area contributed by atoms with Gasteiger partial charge in [-0.25, -0.2) is 4.98 Å². The molecule has 118 valence electrons. The molecule has 0 amide bonds. The molecule has 3 rings (SSSR count). The summed E-state index contributed by atoms with van der Waals surface area (Å²) < 4.78 is 7.46. The molecule has 22 heavy (non-hydrogen) atoms. The summed E-state index contributed by atoms with van der Waals surface area (Å²) in [4.78, 5) is 5.45. The Morgan fingerprint density at radius 1 is 1.64 bits per heavy atom. The van der Waals surface area contributed by atoms with Gasteiger partial charge >= 0.3 is 0 Å². The molecule has 1 aliphatic heterocycles. The number of aliphatic hydroxyl groups excluding tert-OH is 1. The van der Waals surface area contributed by atoms with Crippen molar-refractivity contribution in [3.63, 3.8) is 0 Å². The highest BCUT2D eigenvalue weighted by Gasteiger charge is 2.23. The maximum Gasteiger partial charge on any atom is 0.180 e. The van der Waals surface area contributed by atoms with Crippen molar-refractivity contribution in [2.24, 2.45) is 0 Å². The van der Waals surface area contributed by atoms with E-state index in [1.165, 1.54) is 11.3 Å². The number of nitrogens with two attached hydrogens (primary N) is 1. The molecule has 0 spiro atoms. The highest BCUT2D eigenvalue weighted by Crippen LogP contribution is 2.35. The quantitative estimate of drug-likeness (QED) is 0.696. The normalized spacial score (nSPS) is 15.4. The molecule has 1 unspecified atom stereocenters. The first-order valence-corrected chi connectivity index (χ1v) is 8.68. The van der Waals surface area contributed by atoms with Crippen LogP contribution in [0.25, 0.3) is 5.70 Å². The first-order chi connectivity index (χ1) is 10.7. The van der Waals surface area contributed by atoms with Gasteiger partial charge < -0.3 is 24.9 Å². The van der Waals surface area contributed by atoms with E-state index >= 15 is 0 Å². The first kappa shape index (κ1) is 15.3. The van der Waals surface area contributed by atoms with Gasteiger partial charge in [-0.15, -0.1) is 0 Å². The first-order valence-electron chi connectivity index (χ1n) is 6.92. The number of nitrogens with one attached hydrogen (secondary N) is 1. The van der Waals surface area contributed by atoms with Crippen molar-refractivity contribution >= 4 is 34.1 Å². The van der Waals surface area contributed by atoms with E-state index in [2.05, 4.69) is 14.6 Å². The van der Waals surface area contributed by atoms with Crippen molar-refractivity contribution in [1.82, 2.24) is 14.6 Å². The average molecular weight is 338 g/mol. The zero-order valence-electron chi connectivity index (χ0n) is 12.2. The van der Waals surface area contributed by atoms with E-state index < -0.39 is 0 Å². The van der Waals surface area contributed by atoms with Crippen LogP contribution in [0.1, 0.15) is 23.3 Å². The van der Waals surface area contributed by atoms with Gasteiger partial charge in [0.15, 0.2) is 5.13 Å². The van der Waals surface area contributed by atoms with E-state index in [0.29, 0.717) is 11.7 Å². The van der Waals surface area contributed by atoms with Gasteiger partial charge in [0, 0.05) is 12.2 Å². The molecule has 0 saturated carbocycles. The predicted molar refractivity (Wildman–Crippen MR) is 89.7 cm³/mol. The molecule has 2 aromatic heterocycles. The summed E-state index contributed by atoms with van der Waals surface area (Å²) in [6.45, 7) is 2.70. The van der Waals surface area contributed by atoms with Crippen molar-refractivity contribution in [3.05, 3.63) is 40.9 Å². The number of rotatable bonds is 6. The summed E-state index contributed by atoms with van der Waals surface area (Å²) in [6, 6.07) is 3.81. The molecule has 0 saturated heterocycles. The molecular weight excluding hydrogens is 320 g/mol. The zero-order chi connectivity index (χ0) is 15.5. The summed E-state index contributed by atoms with van der Waals surface area (Å²) >= 11 is 3.12. The highest BCUT2D eigenvalue weighted by molar-refractivity contribution is 7.96. The fourth-order valence-corrected chi connectivity index (χ4v) is 3.79. The van der Waals surface area contributed by atoms with Crippen LogP contribution in [0.5, 0.6) is 0 Å². The average Bonchev–Trinajstić information content (AvgIpc) is 3.13. The molecule has 3 heterocycles. The maximum atomic E-state index is 9.26. The molecule has 6 nitrogen and oxygen atoms in total. The molecular formula is C14H18N4O2S2. The molecule has 4 N–H and O–H groups in total. The van der Waals surface area contributed by atoms with Gasteiger partial charge in [0.25, 0.3) is 0 Å². The molecule has 0 aliphatic carbocycles. The van der Waals surface area contributed by atoms with Crippen LogP contribution in [-0.4, -0.2) is 27.0 Å². The Hall–Kier alpha value is -1.64. The van der Waals surface area contributed by atoms with Gasteiger partial charge in [-0.3, -0.25) is 0 Å².